The summed E-state index contributed by atoms with van der Waals surface area (Å²) >= 11 is 0. The Morgan fingerprint density at radius 2 is 0.941 bits per heavy atom. The van der Waals surface area contributed by atoms with E-state index in [1.54, 1.807) is 0 Å². The van der Waals surface area contributed by atoms with Crippen LogP contribution in [0.1, 0.15) is 234 Å². The van der Waals surface area contributed by atoms with E-state index in [1.807, 2.05) is 13.8 Å². The van der Waals surface area contributed by atoms with E-state index in [1.165, 1.54) is 122 Å². The van der Waals surface area contributed by atoms with E-state index in [-0.39, 0.29) is 24.1 Å². The molecule has 6 nitrogen and oxygen atoms in total. The molecule has 0 unspecified atom stereocenters. The molecule has 304 valence electrons. The van der Waals surface area contributed by atoms with Crippen molar-refractivity contribution in [2.45, 2.75) is 239 Å². The Bertz CT molecular complexity index is 743. The van der Waals surface area contributed by atoms with Crippen LogP contribution in [0.5, 0.6) is 0 Å². The number of hydrogen-bond acceptors (Lipinski definition) is 6. The lowest BCUT2D eigenvalue weighted by Gasteiger charge is -2.25. The molecule has 0 aliphatic rings. The first-order valence-corrected chi connectivity index (χ1v) is 22.5. The van der Waals surface area contributed by atoms with Crippen LogP contribution in [0.4, 0.5) is 0 Å². The summed E-state index contributed by atoms with van der Waals surface area (Å²) in [6.45, 7) is 14.5. The molecule has 0 aromatic carbocycles. The SMILES string of the molecule is CCCCCCCCCC(=O)OC(C)(C)CCCCCCN(CCO)CCCCCCCC(=O)OCC(CCCCCCC)CCCCCCC. The molecule has 0 spiro atoms. The van der Waals surface area contributed by atoms with E-state index in [4.69, 9.17) is 9.47 Å². The lowest BCUT2D eigenvalue weighted by molar-refractivity contribution is -0.157. The lowest BCUT2D eigenvalue weighted by atomic mass is 9.95. The number of carbonyl (C=O) groups is 2. The van der Waals surface area contributed by atoms with E-state index < -0.39 is 0 Å². The number of carbonyl (C=O) groups excluding carboxylic acids is 2. The van der Waals surface area contributed by atoms with Gasteiger partial charge in [-0.15, -0.1) is 0 Å². The molecular weight excluding hydrogens is 634 g/mol. The van der Waals surface area contributed by atoms with Gasteiger partial charge in [-0.3, -0.25) is 9.59 Å². The standard InChI is InChI=1S/C45H89NO5/c1-6-9-12-15-16-20-28-35-44(49)51-45(4,5)36-29-22-24-31-38-46(39-40-47)37-30-23-17-21-27-34-43(48)50-41-42(32-25-18-13-10-7-2)33-26-19-14-11-8-3/h42,47H,6-41H2,1-5H3. The molecule has 0 bridgehead atoms. The van der Waals surface area contributed by atoms with Gasteiger partial charge in [0.2, 0.25) is 0 Å². The van der Waals surface area contributed by atoms with Crippen molar-refractivity contribution in [1.82, 2.24) is 4.90 Å². The summed E-state index contributed by atoms with van der Waals surface area (Å²) < 4.78 is 11.6. The molecule has 0 heterocycles. The second-order valence-corrected chi connectivity index (χ2v) is 16.3. The number of nitrogens with zero attached hydrogens (tertiary/aromatic N) is 1. The van der Waals surface area contributed by atoms with E-state index in [0.29, 0.717) is 25.4 Å². The Balaban J connectivity index is 4.02. The van der Waals surface area contributed by atoms with Crippen LogP contribution in [-0.2, 0) is 19.1 Å². The molecule has 51 heavy (non-hydrogen) atoms. The predicted molar refractivity (Wildman–Crippen MR) is 218 cm³/mol. The van der Waals surface area contributed by atoms with Crippen LogP contribution < -0.4 is 0 Å². The summed E-state index contributed by atoms with van der Waals surface area (Å²) in [7, 11) is 0. The molecule has 0 aliphatic heterocycles. The van der Waals surface area contributed by atoms with Gasteiger partial charge >= 0.3 is 11.9 Å². The number of hydrogen-bond donors (Lipinski definition) is 1. The monoisotopic (exact) mass is 724 g/mol. The highest BCUT2D eigenvalue weighted by Gasteiger charge is 2.22. The number of aliphatic hydroxyl groups is 1. The van der Waals surface area contributed by atoms with Crippen LogP contribution in [0.25, 0.3) is 0 Å². The molecule has 0 rings (SSSR count). The first kappa shape index (κ1) is 49.9. The molecule has 0 saturated carbocycles. The highest BCUT2D eigenvalue weighted by Crippen LogP contribution is 2.22. The Morgan fingerprint density at radius 1 is 0.529 bits per heavy atom. The van der Waals surface area contributed by atoms with Gasteiger partial charge < -0.3 is 19.5 Å². The average molecular weight is 724 g/mol. The van der Waals surface area contributed by atoms with E-state index in [9.17, 15) is 14.7 Å². The number of rotatable bonds is 40. The van der Waals surface area contributed by atoms with Crippen molar-refractivity contribution in [3.63, 3.8) is 0 Å². The minimum atomic E-state index is -0.384. The zero-order valence-electron chi connectivity index (χ0n) is 35.1. The van der Waals surface area contributed by atoms with Gasteiger partial charge in [0.15, 0.2) is 0 Å². The Kier molecular flexibility index (Phi) is 36.4. The van der Waals surface area contributed by atoms with Crippen molar-refractivity contribution in [2.75, 3.05) is 32.8 Å². The molecule has 0 saturated heterocycles. The third-order valence-corrected chi connectivity index (χ3v) is 10.6. The van der Waals surface area contributed by atoms with Crippen LogP contribution in [0, 0.1) is 5.92 Å². The second kappa shape index (κ2) is 37.2. The first-order chi connectivity index (χ1) is 24.8. The van der Waals surface area contributed by atoms with Gasteiger partial charge in [0.25, 0.3) is 0 Å². The lowest BCUT2D eigenvalue weighted by Crippen LogP contribution is -2.29. The maximum absolute atomic E-state index is 12.5. The number of ether oxygens (including phenoxy) is 2. The molecule has 0 amide bonds. The second-order valence-electron chi connectivity index (χ2n) is 16.3. The van der Waals surface area contributed by atoms with Crippen molar-refractivity contribution in [3.8, 4) is 0 Å². The van der Waals surface area contributed by atoms with Crippen LogP contribution in [-0.4, -0.2) is 60.4 Å². The van der Waals surface area contributed by atoms with Crippen molar-refractivity contribution >= 4 is 11.9 Å². The molecule has 0 aliphatic carbocycles. The maximum atomic E-state index is 12.5. The summed E-state index contributed by atoms with van der Waals surface area (Å²) in [5.41, 5.74) is -0.384. The van der Waals surface area contributed by atoms with Crippen molar-refractivity contribution in [2.24, 2.45) is 5.92 Å². The van der Waals surface area contributed by atoms with Crippen molar-refractivity contribution in [1.29, 1.82) is 0 Å². The van der Waals surface area contributed by atoms with Gasteiger partial charge in [-0.05, 0) is 84.2 Å². The maximum Gasteiger partial charge on any atom is 0.306 e. The highest BCUT2D eigenvalue weighted by atomic mass is 16.6. The summed E-state index contributed by atoms with van der Waals surface area (Å²) in [4.78, 5) is 27.2. The van der Waals surface area contributed by atoms with Gasteiger partial charge in [-0.2, -0.15) is 0 Å². The molecule has 0 aromatic rings. The Hall–Kier alpha value is -1.14. The largest absolute Gasteiger partial charge is 0.465 e. The zero-order chi connectivity index (χ0) is 37.7. The fourth-order valence-electron chi connectivity index (χ4n) is 7.16. The summed E-state index contributed by atoms with van der Waals surface area (Å²) in [6, 6.07) is 0. The molecular formula is C45H89NO5. The average Bonchev–Trinajstić information content (AvgIpc) is 3.10. The van der Waals surface area contributed by atoms with Gasteiger partial charge in [-0.25, -0.2) is 0 Å². The summed E-state index contributed by atoms with van der Waals surface area (Å²) in [5.74, 6) is 0.489. The van der Waals surface area contributed by atoms with Gasteiger partial charge in [0.05, 0.1) is 13.2 Å². The topological polar surface area (TPSA) is 76.1 Å². The zero-order valence-corrected chi connectivity index (χ0v) is 35.1. The molecule has 0 fully saturated rings. The Morgan fingerprint density at radius 3 is 1.43 bits per heavy atom. The van der Waals surface area contributed by atoms with Crippen LogP contribution in [0.3, 0.4) is 0 Å². The highest BCUT2D eigenvalue weighted by molar-refractivity contribution is 5.69. The summed E-state index contributed by atoms with van der Waals surface area (Å²) in [5, 5.41) is 9.57. The molecule has 0 radical (unpaired) electrons. The molecule has 6 heteroatoms. The minimum absolute atomic E-state index is 0.00512. The van der Waals surface area contributed by atoms with Crippen LogP contribution >= 0.6 is 0 Å². The third kappa shape index (κ3) is 35.6. The normalized spacial score (nSPS) is 11.9. The minimum Gasteiger partial charge on any atom is -0.465 e. The van der Waals surface area contributed by atoms with Crippen molar-refractivity contribution in [3.05, 3.63) is 0 Å². The summed E-state index contributed by atoms with van der Waals surface area (Å²) in [6.07, 6.45) is 35.9. The van der Waals surface area contributed by atoms with Gasteiger partial charge in [0.1, 0.15) is 5.60 Å². The predicted octanol–water partition coefficient (Wildman–Crippen LogP) is 12.9. The van der Waals surface area contributed by atoms with Crippen LogP contribution in [0.2, 0.25) is 0 Å². The molecule has 0 atom stereocenters. The fraction of sp³-hybridized carbons (Fsp3) is 0.956. The number of esters is 2. The van der Waals surface area contributed by atoms with Gasteiger partial charge in [0, 0.05) is 19.4 Å². The Labute approximate surface area is 318 Å². The number of aliphatic hydroxyl groups excluding tert-OH is 1. The molecule has 1 N–H and O–H groups in total. The quantitative estimate of drug-likeness (QED) is 0.0501. The van der Waals surface area contributed by atoms with Gasteiger partial charge in [-0.1, -0.05) is 156 Å². The fourth-order valence-corrected chi connectivity index (χ4v) is 7.16. The van der Waals surface area contributed by atoms with E-state index >= 15 is 0 Å². The first-order valence-electron chi connectivity index (χ1n) is 22.5. The third-order valence-electron chi connectivity index (χ3n) is 10.6. The number of unbranched alkanes of at least 4 members (excludes halogenated alkanes) is 21. The van der Waals surface area contributed by atoms with E-state index in [2.05, 4.69) is 25.7 Å². The van der Waals surface area contributed by atoms with E-state index in [0.717, 1.165) is 83.8 Å². The van der Waals surface area contributed by atoms with Crippen LogP contribution in [0.15, 0.2) is 0 Å². The smallest absolute Gasteiger partial charge is 0.306 e. The molecule has 0 aromatic heterocycles. The van der Waals surface area contributed by atoms with Crippen molar-refractivity contribution < 1.29 is 24.2 Å².